The minimum atomic E-state index is -0.381. The maximum atomic E-state index is 13.1. The van der Waals surface area contributed by atoms with Gasteiger partial charge in [-0.25, -0.2) is 0 Å². The molecule has 0 aliphatic carbocycles. The number of hydrogen-bond acceptors (Lipinski definition) is 6. The number of pyridine rings is 1. The Morgan fingerprint density at radius 1 is 1.36 bits per heavy atom. The zero-order valence-electron chi connectivity index (χ0n) is 15.7. The summed E-state index contributed by atoms with van der Waals surface area (Å²) in [7, 11) is 2.06. The van der Waals surface area contributed by atoms with Gasteiger partial charge in [0.05, 0.1) is 16.9 Å². The number of carbonyl (C=O) groups excluding carboxylic acids is 1. The van der Waals surface area contributed by atoms with Gasteiger partial charge in [-0.05, 0) is 36.7 Å². The van der Waals surface area contributed by atoms with Crippen molar-refractivity contribution in [1.82, 2.24) is 15.2 Å². The highest BCUT2D eigenvalue weighted by atomic mass is 16.6. The first kappa shape index (κ1) is 18.4. The molecule has 8 nitrogen and oxygen atoms in total. The van der Waals surface area contributed by atoms with Crippen molar-refractivity contribution in [3.05, 3.63) is 64.0 Å². The molecule has 0 spiro atoms. The summed E-state index contributed by atoms with van der Waals surface area (Å²) >= 11 is 0. The molecule has 146 valence electrons. The van der Waals surface area contributed by atoms with Crippen LogP contribution in [0.4, 0.5) is 11.4 Å². The highest BCUT2D eigenvalue weighted by molar-refractivity contribution is 5.82. The molecule has 2 aliphatic heterocycles. The van der Waals surface area contributed by atoms with Gasteiger partial charge in [0.1, 0.15) is 0 Å². The second-order valence-electron chi connectivity index (χ2n) is 7.48. The van der Waals surface area contributed by atoms with Crippen molar-refractivity contribution < 1.29 is 9.72 Å². The molecule has 1 aromatic carbocycles. The molecule has 2 atom stereocenters. The van der Waals surface area contributed by atoms with Crippen LogP contribution in [0.25, 0.3) is 0 Å². The Bertz CT molecular complexity index is 889. The van der Waals surface area contributed by atoms with Crippen LogP contribution in [0, 0.1) is 16.0 Å². The number of anilines is 1. The second kappa shape index (κ2) is 7.55. The number of carbonyl (C=O) groups is 1. The molecule has 4 rings (SSSR count). The van der Waals surface area contributed by atoms with E-state index in [9.17, 15) is 14.9 Å². The third-order valence-electron chi connectivity index (χ3n) is 5.64. The van der Waals surface area contributed by atoms with Crippen molar-refractivity contribution in [1.29, 1.82) is 0 Å². The molecule has 0 bridgehead atoms. The number of rotatable bonds is 4. The van der Waals surface area contributed by atoms with Gasteiger partial charge in [-0.2, -0.15) is 0 Å². The zero-order valence-corrected chi connectivity index (χ0v) is 15.7. The first-order valence-corrected chi connectivity index (χ1v) is 9.42. The quantitative estimate of drug-likeness (QED) is 0.639. The largest absolute Gasteiger partial charge is 0.365 e. The van der Waals surface area contributed by atoms with E-state index in [1.54, 1.807) is 24.5 Å². The fourth-order valence-corrected chi connectivity index (χ4v) is 4.19. The summed E-state index contributed by atoms with van der Waals surface area (Å²) in [4.78, 5) is 32.4. The molecule has 0 unspecified atom stereocenters. The van der Waals surface area contributed by atoms with E-state index in [4.69, 9.17) is 0 Å². The summed E-state index contributed by atoms with van der Waals surface area (Å²) in [6.45, 7) is 2.92. The van der Waals surface area contributed by atoms with Gasteiger partial charge in [-0.15, -0.1) is 0 Å². The maximum Gasteiger partial charge on any atom is 0.269 e. The van der Waals surface area contributed by atoms with E-state index in [1.807, 2.05) is 18.2 Å². The van der Waals surface area contributed by atoms with Gasteiger partial charge in [0.15, 0.2) is 0 Å². The lowest BCUT2D eigenvalue weighted by Gasteiger charge is -2.48. The molecule has 8 heteroatoms. The Labute approximate surface area is 163 Å². The molecule has 0 radical (unpaired) electrons. The number of hydrogen-bond donors (Lipinski definition) is 1. The molecule has 2 aromatic rings. The van der Waals surface area contributed by atoms with E-state index in [2.05, 4.69) is 27.1 Å². The van der Waals surface area contributed by atoms with Crippen molar-refractivity contribution in [2.75, 3.05) is 31.6 Å². The van der Waals surface area contributed by atoms with Gasteiger partial charge >= 0.3 is 0 Å². The van der Waals surface area contributed by atoms with Gasteiger partial charge < -0.3 is 15.1 Å². The summed E-state index contributed by atoms with van der Waals surface area (Å²) in [5.41, 5.74) is 2.90. The predicted octanol–water partition coefficient (Wildman–Crippen LogP) is 1.60. The minimum absolute atomic E-state index is 0.0219. The van der Waals surface area contributed by atoms with Crippen LogP contribution in [0.5, 0.6) is 0 Å². The first-order valence-electron chi connectivity index (χ1n) is 9.42. The molecule has 1 saturated heterocycles. The van der Waals surface area contributed by atoms with Gasteiger partial charge in [-0.1, -0.05) is 6.07 Å². The van der Waals surface area contributed by atoms with Gasteiger partial charge in [0.25, 0.3) is 5.69 Å². The van der Waals surface area contributed by atoms with Crippen molar-refractivity contribution >= 4 is 17.3 Å². The van der Waals surface area contributed by atoms with E-state index in [0.717, 1.165) is 36.4 Å². The molecule has 1 amide bonds. The average molecular weight is 381 g/mol. The number of aromatic nitrogens is 1. The molecule has 1 aromatic heterocycles. The van der Waals surface area contributed by atoms with Crippen molar-refractivity contribution in [2.45, 2.75) is 19.0 Å². The third-order valence-corrected chi connectivity index (χ3v) is 5.64. The highest BCUT2D eigenvalue weighted by Gasteiger charge is 2.41. The number of likely N-dealkylation sites (N-methyl/N-ethyl adjacent to an activating group) is 1. The molecule has 3 heterocycles. The second-order valence-corrected chi connectivity index (χ2v) is 7.48. The molecule has 1 N–H and O–H groups in total. The van der Waals surface area contributed by atoms with Crippen LogP contribution in [0.15, 0.2) is 42.7 Å². The average Bonchev–Trinajstić information content (AvgIpc) is 2.71. The van der Waals surface area contributed by atoms with Crippen LogP contribution in [0.3, 0.4) is 0 Å². The van der Waals surface area contributed by atoms with Gasteiger partial charge in [-0.3, -0.25) is 19.9 Å². The molecular formula is C20H23N5O3. The van der Waals surface area contributed by atoms with Crippen molar-refractivity contribution in [3.8, 4) is 0 Å². The zero-order chi connectivity index (χ0) is 19.7. The Morgan fingerprint density at radius 2 is 2.21 bits per heavy atom. The lowest BCUT2D eigenvalue weighted by Crippen LogP contribution is -2.60. The van der Waals surface area contributed by atoms with E-state index in [0.29, 0.717) is 13.0 Å². The van der Waals surface area contributed by atoms with E-state index in [1.165, 1.54) is 0 Å². The normalized spacial score (nSPS) is 21.5. The van der Waals surface area contributed by atoms with E-state index >= 15 is 0 Å². The summed E-state index contributed by atoms with van der Waals surface area (Å²) in [6.07, 6.45) is 3.94. The van der Waals surface area contributed by atoms with Crippen molar-refractivity contribution in [3.63, 3.8) is 0 Å². The third kappa shape index (κ3) is 3.55. The lowest BCUT2D eigenvalue weighted by molar-refractivity contribution is -0.384. The molecule has 0 saturated carbocycles. The first-order chi connectivity index (χ1) is 13.5. The number of benzene rings is 1. The number of amides is 1. The number of nitrogens with zero attached hydrogens (tertiary/aromatic N) is 4. The van der Waals surface area contributed by atoms with Crippen LogP contribution < -0.4 is 10.2 Å². The van der Waals surface area contributed by atoms with Crippen LogP contribution in [0.1, 0.15) is 11.1 Å². The lowest BCUT2D eigenvalue weighted by atomic mass is 9.83. The van der Waals surface area contributed by atoms with E-state index in [-0.39, 0.29) is 28.5 Å². The summed E-state index contributed by atoms with van der Waals surface area (Å²) in [5, 5.41) is 14.2. The summed E-state index contributed by atoms with van der Waals surface area (Å²) in [5.74, 6) is -0.278. The standard InChI is InChI=1S/C20H23N5O3/c1-23-7-8-24-18-5-4-16(25(27)28)9-15(18)10-17(19(24)13-23)20(26)22-12-14-3-2-6-21-11-14/h2-6,9,11,17,19H,7-8,10,12-13H2,1H3,(H,22,26)/t17-,19+/m1/s1. The summed E-state index contributed by atoms with van der Waals surface area (Å²) < 4.78 is 0. The monoisotopic (exact) mass is 381 g/mol. The number of nitro groups is 1. The Hall–Kier alpha value is -3.00. The molecule has 28 heavy (non-hydrogen) atoms. The smallest absolute Gasteiger partial charge is 0.269 e. The highest BCUT2D eigenvalue weighted by Crippen LogP contribution is 2.37. The van der Waals surface area contributed by atoms with Crippen LogP contribution in [-0.4, -0.2) is 53.4 Å². The van der Waals surface area contributed by atoms with Crippen LogP contribution in [-0.2, 0) is 17.8 Å². The number of fused-ring (bicyclic) bond motifs is 3. The van der Waals surface area contributed by atoms with Crippen LogP contribution in [0.2, 0.25) is 0 Å². The Balaban J connectivity index is 1.59. The Kier molecular flexibility index (Phi) is 4.95. The van der Waals surface area contributed by atoms with Gasteiger partial charge in [0, 0.05) is 56.4 Å². The predicted molar refractivity (Wildman–Crippen MR) is 105 cm³/mol. The topological polar surface area (TPSA) is 91.6 Å². The SMILES string of the molecule is CN1CCN2c3ccc([N+](=O)[O-])cc3C[C@@H](C(=O)NCc3cccnc3)[C@@H]2C1. The maximum absolute atomic E-state index is 13.1. The number of non-ortho nitro benzene ring substituents is 1. The fraction of sp³-hybridized carbons (Fsp3) is 0.400. The number of piperazine rings is 1. The molecular weight excluding hydrogens is 358 g/mol. The van der Waals surface area contributed by atoms with Crippen molar-refractivity contribution in [2.24, 2.45) is 5.92 Å². The number of nitro benzene ring substituents is 1. The minimum Gasteiger partial charge on any atom is -0.365 e. The molecule has 1 fully saturated rings. The molecule has 2 aliphatic rings. The Morgan fingerprint density at radius 3 is 2.96 bits per heavy atom. The number of nitrogens with one attached hydrogen (secondary N) is 1. The van der Waals surface area contributed by atoms with Gasteiger partial charge in [0.2, 0.25) is 5.91 Å². The van der Waals surface area contributed by atoms with Crippen LogP contribution >= 0.6 is 0 Å². The van der Waals surface area contributed by atoms with E-state index < -0.39 is 0 Å². The summed E-state index contributed by atoms with van der Waals surface area (Å²) in [6, 6.07) is 8.82. The fourth-order valence-electron chi connectivity index (χ4n) is 4.19.